The summed E-state index contributed by atoms with van der Waals surface area (Å²) >= 11 is 0. The molecule has 0 aliphatic carbocycles. The van der Waals surface area contributed by atoms with Crippen LogP contribution < -0.4 is 5.32 Å². The molecule has 0 unspecified atom stereocenters. The van der Waals surface area contributed by atoms with Crippen LogP contribution in [0.25, 0.3) is 5.57 Å². The molecule has 1 aliphatic rings. The minimum Gasteiger partial charge on any atom is -0.386 e. The number of aromatic nitrogens is 1. The van der Waals surface area contributed by atoms with Gasteiger partial charge in [-0.05, 0) is 18.7 Å². The molecule has 65 valence electrons. The minimum absolute atomic E-state index is 0. The zero-order valence-corrected chi connectivity index (χ0v) is 11.2. The molecule has 13 heavy (non-hydrogen) atoms. The second-order valence-electron chi connectivity index (χ2n) is 2.85. The largest absolute Gasteiger partial charge is 0.386 e. The van der Waals surface area contributed by atoms with Gasteiger partial charge in [-0.15, -0.1) is 6.07 Å². The van der Waals surface area contributed by atoms with E-state index < -0.39 is 0 Å². The van der Waals surface area contributed by atoms with Gasteiger partial charge >= 0.3 is 0 Å². The Balaban J connectivity index is 0.000000845. The maximum absolute atomic E-state index is 4.17. The summed E-state index contributed by atoms with van der Waals surface area (Å²) in [7, 11) is 0. The van der Waals surface area contributed by atoms with Gasteiger partial charge in [0.2, 0.25) is 0 Å². The number of rotatable bonds is 1. The monoisotopic (exact) mass is 300 g/mol. The van der Waals surface area contributed by atoms with E-state index in [4.69, 9.17) is 0 Å². The van der Waals surface area contributed by atoms with E-state index in [1.807, 2.05) is 18.2 Å². The van der Waals surface area contributed by atoms with Crippen LogP contribution >= 0.6 is 0 Å². The number of hydrogen-bond acceptors (Lipinski definition) is 2. The second-order valence-corrected chi connectivity index (χ2v) is 2.85. The van der Waals surface area contributed by atoms with Crippen molar-refractivity contribution in [1.82, 2.24) is 10.3 Å². The van der Waals surface area contributed by atoms with Crippen LogP contribution in [0.1, 0.15) is 12.1 Å². The van der Waals surface area contributed by atoms with E-state index in [1.54, 1.807) is 0 Å². The van der Waals surface area contributed by atoms with Crippen molar-refractivity contribution in [2.45, 2.75) is 6.42 Å². The molecular formula is C10H11N2Pr-. The number of nitrogens with zero attached hydrogens (tertiary/aromatic N) is 1. The first-order valence-corrected chi connectivity index (χ1v) is 4.20. The average molecular weight is 300 g/mol. The molecule has 2 heterocycles. The first-order chi connectivity index (χ1) is 5.97. The van der Waals surface area contributed by atoms with Crippen LogP contribution in [0, 0.1) is 47.5 Å². The standard InChI is InChI=1S/C10H11N2.Pr/c1-2-7-12-10(5-1)9-4-3-6-11-8-9;/h1-2,4-5,11H,3,6,8H2;/q-1;. The van der Waals surface area contributed by atoms with Gasteiger partial charge in [0.15, 0.2) is 0 Å². The maximum atomic E-state index is 4.17. The molecule has 0 saturated heterocycles. The van der Waals surface area contributed by atoms with Crippen molar-refractivity contribution in [3.8, 4) is 0 Å². The Morgan fingerprint density at radius 3 is 3.00 bits per heavy atom. The quantitative estimate of drug-likeness (QED) is 0.790. The van der Waals surface area contributed by atoms with Gasteiger partial charge in [0.05, 0.1) is 0 Å². The summed E-state index contributed by atoms with van der Waals surface area (Å²) in [5.74, 6) is 0. The molecule has 1 aromatic rings. The number of nitrogens with one attached hydrogen (secondary N) is 1. The first-order valence-electron chi connectivity index (χ1n) is 4.20. The van der Waals surface area contributed by atoms with Crippen LogP contribution in [0.3, 0.4) is 0 Å². The van der Waals surface area contributed by atoms with Crippen molar-refractivity contribution < 1.29 is 41.3 Å². The van der Waals surface area contributed by atoms with Crippen molar-refractivity contribution in [2.24, 2.45) is 0 Å². The summed E-state index contributed by atoms with van der Waals surface area (Å²) in [6.45, 7) is 2.02. The van der Waals surface area contributed by atoms with Gasteiger partial charge in [-0.2, -0.15) is 12.1 Å². The van der Waals surface area contributed by atoms with E-state index in [2.05, 4.69) is 22.6 Å². The third-order valence-electron chi connectivity index (χ3n) is 1.97. The molecule has 0 amide bonds. The molecule has 1 radical (unpaired) electrons. The van der Waals surface area contributed by atoms with E-state index in [0.29, 0.717) is 0 Å². The first kappa shape index (κ1) is 11.3. The third kappa shape index (κ3) is 3.12. The van der Waals surface area contributed by atoms with E-state index in [1.165, 1.54) is 5.57 Å². The van der Waals surface area contributed by atoms with Crippen molar-refractivity contribution in [3.63, 3.8) is 0 Å². The van der Waals surface area contributed by atoms with Gasteiger partial charge in [0.1, 0.15) is 0 Å². The summed E-state index contributed by atoms with van der Waals surface area (Å²) in [5.41, 5.74) is 2.34. The average Bonchev–Trinajstić information content (AvgIpc) is 2.21. The molecule has 1 aliphatic heterocycles. The molecule has 1 aromatic heterocycles. The number of pyridine rings is 1. The van der Waals surface area contributed by atoms with E-state index in [0.717, 1.165) is 25.2 Å². The van der Waals surface area contributed by atoms with Crippen LogP contribution in [-0.4, -0.2) is 18.1 Å². The van der Waals surface area contributed by atoms with Gasteiger partial charge in [-0.3, -0.25) is 0 Å². The predicted octanol–water partition coefficient (Wildman–Crippen LogP) is 1.26. The Bertz CT molecular complexity index is 282. The molecule has 0 atom stereocenters. The van der Waals surface area contributed by atoms with Crippen LogP contribution in [-0.2, 0) is 0 Å². The fraction of sp³-hybridized carbons (Fsp3) is 0.300. The van der Waals surface area contributed by atoms with Crippen LogP contribution in [0.4, 0.5) is 0 Å². The Morgan fingerprint density at radius 2 is 2.38 bits per heavy atom. The minimum atomic E-state index is 0. The van der Waals surface area contributed by atoms with Gasteiger partial charge in [0.25, 0.3) is 0 Å². The zero-order chi connectivity index (χ0) is 8.23. The molecule has 0 fully saturated rings. The van der Waals surface area contributed by atoms with Crippen LogP contribution in [0.2, 0.25) is 0 Å². The molecule has 3 heteroatoms. The Hall–Kier alpha value is 0.214. The Morgan fingerprint density at radius 1 is 1.46 bits per heavy atom. The fourth-order valence-corrected chi connectivity index (χ4v) is 1.34. The molecule has 0 spiro atoms. The molecular weight excluding hydrogens is 289 g/mol. The van der Waals surface area contributed by atoms with E-state index >= 15 is 0 Å². The van der Waals surface area contributed by atoms with Gasteiger partial charge in [0, 0.05) is 47.8 Å². The summed E-state index contributed by atoms with van der Waals surface area (Å²) in [5, 5.41) is 3.31. The second kappa shape index (κ2) is 5.84. The third-order valence-corrected chi connectivity index (χ3v) is 1.97. The summed E-state index contributed by atoms with van der Waals surface area (Å²) in [4.78, 5) is 4.17. The normalized spacial score (nSPS) is 15.8. The van der Waals surface area contributed by atoms with Crippen molar-refractivity contribution in [2.75, 3.05) is 13.1 Å². The predicted molar refractivity (Wildman–Crippen MR) is 48.5 cm³/mol. The van der Waals surface area contributed by atoms with Gasteiger partial charge in [-0.25, -0.2) is 0 Å². The fourth-order valence-electron chi connectivity index (χ4n) is 1.34. The molecule has 0 saturated carbocycles. The Labute approximate surface area is 112 Å². The summed E-state index contributed by atoms with van der Waals surface area (Å²) < 4.78 is 0. The molecule has 2 rings (SSSR count). The van der Waals surface area contributed by atoms with E-state index in [-0.39, 0.29) is 41.3 Å². The number of hydrogen-bond donors (Lipinski definition) is 1. The molecule has 1 N–H and O–H groups in total. The van der Waals surface area contributed by atoms with Crippen molar-refractivity contribution in [1.29, 1.82) is 0 Å². The smallest absolute Gasteiger partial charge is 0.0109 e. The van der Waals surface area contributed by atoms with Gasteiger partial charge < -0.3 is 10.3 Å². The zero-order valence-electron chi connectivity index (χ0n) is 7.46. The molecule has 0 aromatic carbocycles. The topological polar surface area (TPSA) is 24.9 Å². The summed E-state index contributed by atoms with van der Waals surface area (Å²) in [6.07, 6.45) is 6.19. The molecule has 2 nitrogen and oxygen atoms in total. The SMILES string of the molecule is [Pr].[c-]1cccc(C2=CCCNC2)n1. The van der Waals surface area contributed by atoms with E-state index in [9.17, 15) is 0 Å². The van der Waals surface area contributed by atoms with Crippen LogP contribution in [0.15, 0.2) is 24.3 Å². The summed E-state index contributed by atoms with van der Waals surface area (Å²) in [6, 6.07) is 5.81. The van der Waals surface area contributed by atoms with Crippen LogP contribution in [0.5, 0.6) is 0 Å². The van der Waals surface area contributed by atoms with Crippen molar-refractivity contribution in [3.05, 3.63) is 36.2 Å². The Kier molecular flexibility index (Phi) is 5.07. The van der Waals surface area contributed by atoms with Gasteiger partial charge in [-0.1, -0.05) is 17.8 Å². The van der Waals surface area contributed by atoms with Crippen molar-refractivity contribution >= 4 is 5.57 Å². The maximum Gasteiger partial charge on any atom is 0.0109 e. The molecule has 0 bridgehead atoms.